The number of ether oxygens (including phenoxy) is 1. The molecule has 0 radical (unpaired) electrons. The molecule has 0 saturated carbocycles. The molecule has 1 aromatic carbocycles. The normalized spacial score (nSPS) is 18.2. The van der Waals surface area contributed by atoms with Crippen LogP contribution in [0.2, 0.25) is 0 Å². The van der Waals surface area contributed by atoms with Crippen molar-refractivity contribution in [2.24, 2.45) is 0 Å². The van der Waals surface area contributed by atoms with Crippen molar-refractivity contribution in [1.82, 2.24) is 4.90 Å². The highest BCUT2D eigenvalue weighted by Gasteiger charge is 2.31. The number of nitrogens with zero attached hydrogens (tertiary/aromatic N) is 1. The Labute approximate surface area is 127 Å². The summed E-state index contributed by atoms with van der Waals surface area (Å²) in [5.74, 6) is 0.0654. The van der Waals surface area contributed by atoms with Gasteiger partial charge in [-0.2, -0.15) is 0 Å². The first-order chi connectivity index (χ1) is 9.48. The molecule has 1 aliphatic heterocycles. The van der Waals surface area contributed by atoms with Crippen molar-refractivity contribution < 1.29 is 14.6 Å². The van der Waals surface area contributed by atoms with Crippen molar-refractivity contribution in [2.45, 2.75) is 18.4 Å². The summed E-state index contributed by atoms with van der Waals surface area (Å²) in [7, 11) is 1.87. The number of hydrogen-bond acceptors (Lipinski definition) is 4. The molecule has 2 rings (SSSR count). The molecule has 4 nitrogen and oxygen atoms in total. The van der Waals surface area contributed by atoms with Gasteiger partial charge in [0.2, 0.25) is 0 Å². The lowest BCUT2D eigenvalue weighted by atomic mass is 9.94. The zero-order valence-electron chi connectivity index (χ0n) is 11.6. The minimum Gasteiger partial charge on any atom is -0.388 e. The van der Waals surface area contributed by atoms with Gasteiger partial charge in [0, 0.05) is 42.6 Å². The molecule has 1 fully saturated rings. The van der Waals surface area contributed by atoms with E-state index in [1.807, 2.05) is 36.2 Å². The number of carbonyl (C=O) groups is 1. The first-order valence-corrected chi connectivity index (χ1v) is 7.55. The zero-order chi connectivity index (χ0) is 14.6. The van der Waals surface area contributed by atoms with Crippen molar-refractivity contribution in [2.75, 3.05) is 33.4 Å². The summed E-state index contributed by atoms with van der Waals surface area (Å²) in [4.78, 5) is 14.0. The first-order valence-electron chi connectivity index (χ1n) is 6.76. The third kappa shape index (κ3) is 4.38. The number of aliphatic hydroxyl groups is 1. The van der Waals surface area contributed by atoms with Gasteiger partial charge < -0.3 is 9.84 Å². The molecule has 1 aromatic rings. The summed E-state index contributed by atoms with van der Waals surface area (Å²) in [5, 5.41) is 10.4. The van der Waals surface area contributed by atoms with Crippen LogP contribution in [0.25, 0.3) is 0 Å². The maximum atomic E-state index is 12.1. The van der Waals surface area contributed by atoms with Crippen LogP contribution in [0, 0.1) is 0 Å². The predicted octanol–water partition coefficient (Wildman–Crippen LogP) is 2.11. The molecule has 0 amide bonds. The van der Waals surface area contributed by atoms with Gasteiger partial charge in [0.25, 0.3) is 0 Å². The fourth-order valence-electron chi connectivity index (χ4n) is 2.44. The number of Topliss-reactive ketones (excluding diaryl/α,β-unsaturated/α-hetero) is 1. The van der Waals surface area contributed by atoms with E-state index < -0.39 is 5.60 Å². The second-order valence-electron chi connectivity index (χ2n) is 5.44. The molecule has 5 heteroatoms. The molecule has 1 saturated heterocycles. The van der Waals surface area contributed by atoms with Crippen LogP contribution in [0.3, 0.4) is 0 Å². The maximum absolute atomic E-state index is 12.1. The van der Waals surface area contributed by atoms with Crippen molar-refractivity contribution >= 4 is 21.7 Å². The third-order valence-electron chi connectivity index (χ3n) is 3.57. The lowest BCUT2D eigenvalue weighted by molar-refractivity contribution is -0.0758. The molecule has 0 atom stereocenters. The summed E-state index contributed by atoms with van der Waals surface area (Å²) in [6.07, 6.45) is 1.26. The highest BCUT2D eigenvalue weighted by atomic mass is 79.9. The van der Waals surface area contributed by atoms with Crippen molar-refractivity contribution in [3.05, 3.63) is 34.3 Å². The Hall–Kier alpha value is -0.750. The molecule has 110 valence electrons. The van der Waals surface area contributed by atoms with Crippen LogP contribution in [0.1, 0.15) is 23.2 Å². The summed E-state index contributed by atoms with van der Waals surface area (Å²) in [6, 6.07) is 7.34. The quantitative estimate of drug-likeness (QED) is 0.833. The Kier molecular flexibility index (Phi) is 5.32. The monoisotopic (exact) mass is 341 g/mol. The van der Waals surface area contributed by atoms with Crippen LogP contribution in [-0.4, -0.2) is 54.7 Å². The number of halogens is 1. The Morgan fingerprint density at radius 1 is 1.35 bits per heavy atom. The van der Waals surface area contributed by atoms with Gasteiger partial charge in [-0.3, -0.25) is 9.69 Å². The Morgan fingerprint density at radius 3 is 2.55 bits per heavy atom. The summed E-state index contributed by atoms with van der Waals surface area (Å²) in [6.45, 7) is 1.99. The summed E-state index contributed by atoms with van der Waals surface area (Å²) in [5.41, 5.74) is -0.0356. The lowest BCUT2D eigenvalue weighted by Crippen LogP contribution is -2.46. The standard InChI is InChI=1S/C15H20BrNO3/c1-17(11-15(19)6-8-20-9-7-15)10-14(18)12-2-4-13(16)5-3-12/h2-5,19H,6-11H2,1H3. The summed E-state index contributed by atoms with van der Waals surface area (Å²) < 4.78 is 6.22. The molecule has 20 heavy (non-hydrogen) atoms. The van der Waals surface area contributed by atoms with E-state index in [1.54, 1.807) is 0 Å². The number of benzene rings is 1. The van der Waals surface area contributed by atoms with Crippen LogP contribution >= 0.6 is 15.9 Å². The molecule has 0 bridgehead atoms. The third-order valence-corrected chi connectivity index (χ3v) is 4.10. The lowest BCUT2D eigenvalue weighted by Gasteiger charge is -2.35. The number of ketones is 1. The zero-order valence-corrected chi connectivity index (χ0v) is 13.2. The molecule has 0 aliphatic carbocycles. The molecule has 0 spiro atoms. The van der Waals surface area contributed by atoms with Gasteiger partial charge in [-0.25, -0.2) is 0 Å². The minimum absolute atomic E-state index is 0.0654. The number of hydrogen-bond donors (Lipinski definition) is 1. The number of rotatable bonds is 5. The van der Waals surface area contributed by atoms with E-state index in [2.05, 4.69) is 15.9 Å². The molecule has 1 aliphatic rings. The predicted molar refractivity (Wildman–Crippen MR) is 81.0 cm³/mol. The highest BCUT2D eigenvalue weighted by Crippen LogP contribution is 2.21. The van der Waals surface area contributed by atoms with E-state index in [-0.39, 0.29) is 5.78 Å². The van der Waals surface area contributed by atoms with Crippen LogP contribution in [0.4, 0.5) is 0 Å². The van der Waals surface area contributed by atoms with Gasteiger partial charge in [-0.1, -0.05) is 28.1 Å². The van der Waals surface area contributed by atoms with Crippen LogP contribution in [-0.2, 0) is 4.74 Å². The van der Waals surface area contributed by atoms with Crippen LogP contribution < -0.4 is 0 Å². The topological polar surface area (TPSA) is 49.8 Å². The van der Waals surface area contributed by atoms with Gasteiger partial charge in [0.15, 0.2) is 5.78 Å². The molecule has 1 heterocycles. The van der Waals surface area contributed by atoms with Crippen molar-refractivity contribution in [1.29, 1.82) is 0 Å². The van der Waals surface area contributed by atoms with Gasteiger partial charge in [0.05, 0.1) is 12.1 Å². The second-order valence-corrected chi connectivity index (χ2v) is 6.35. The Bertz CT molecular complexity index is 455. The average Bonchev–Trinajstić information content (AvgIpc) is 2.39. The van der Waals surface area contributed by atoms with Crippen molar-refractivity contribution in [3.63, 3.8) is 0 Å². The van der Waals surface area contributed by atoms with Crippen LogP contribution in [0.15, 0.2) is 28.7 Å². The minimum atomic E-state index is -0.729. The Morgan fingerprint density at radius 2 is 1.95 bits per heavy atom. The molecular formula is C15H20BrNO3. The van der Waals surface area contributed by atoms with Crippen LogP contribution in [0.5, 0.6) is 0 Å². The van der Waals surface area contributed by atoms with E-state index in [0.29, 0.717) is 44.7 Å². The number of carbonyl (C=O) groups excluding carboxylic acids is 1. The van der Waals surface area contributed by atoms with E-state index in [1.165, 1.54) is 0 Å². The van der Waals surface area contributed by atoms with Gasteiger partial charge in [0.1, 0.15) is 0 Å². The smallest absolute Gasteiger partial charge is 0.176 e. The molecule has 0 unspecified atom stereocenters. The second kappa shape index (κ2) is 6.80. The fourth-order valence-corrected chi connectivity index (χ4v) is 2.70. The van der Waals surface area contributed by atoms with E-state index in [9.17, 15) is 9.90 Å². The van der Waals surface area contributed by atoms with E-state index in [4.69, 9.17) is 4.74 Å². The highest BCUT2D eigenvalue weighted by molar-refractivity contribution is 9.10. The molecule has 0 aromatic heterocycles. The van der Waals surface area contributed by atoms with Crippen molar-refractivity contribution in [3.8, 4) is 0 Å². The van der Waals surface area contributed by atoms with Gasteiger partial charge in [-0.05, 0) is 19.2 Å². The van der Waals surface area contributed by atoms with E-state index in [0.717, 1.165) is 4.47 Å². The average molecular weight is 342 g/mol. The molecular weight excluding hydrogens is 322 g/mol. The fraction of sp³-hybridized carbons (Fsp3) is 0.533. The molecule has 1 N–H and O–H groups in total. The SMILES string of the molecule is CN(CC(=O)c1ccc(Br)cc1)CC1(O)CCOCC1. The maximum Gasteiger partial charge on any atom is 0.176 e. The van der Waals surface area contributed by atoms with Gasteiger partial charge in [-0.15, -0.1) is 0 Å². The Balaban J connectivity index is 1.89. The van der Waals surface area contributed by atoms with E-state index >= 15 is 0 Å². The summed E-state index contributed by atoms with van der Waals surface area (Å²) >= 11 is 3.35. The first kappa shape index (κ1) is 15.6. The number of likely N-dealkylation sites (N-methyl/N-ethyl adjacent to an activating group) is 1. The largest absolute Gasteiger partial charge is 0.388 e. The van der Waals surface area contributed by atoms with Gasteiger partial charge >= 0.3 is 0 Å².